The van der Waals surface area contributed by atoms with E-state index in [2.05, 4.69) is 33.4 Å². The summed E-state index contributed by atoms with van der Waals surface area (Å²) in [6.07, 6.45) is 8.71. The normalized spacial score (nSPS) is 22.8. The van der Waals surface area contributed by atoms with Crippen LogP contribution in [0.4, 0.5) is 5.69 Å². The van der Waals surface area contributed by atoms with Crippen molar-refractivity contribution in [1.82, 2.24) is 15.2 Å². The Morgan fingerprint density at radius 2 is 1.84 bits per heavy atom. The van der Waals surface area contributed by atoms with E-state index in [9.17, 15) is 9.59 Å². The van der Waals surface area contributed by atoms with Crippen LogP contribution in [0.1, 0.15) is 63.6 Å². The van der Waals surface area contributed by atoms with E-state index in [0.29, 0.717) is 16.1 Å². The number of halogens is 1. The summed E-state index contributed by atoms with van der Waals surface area (Å²) in [5.41, 5.74) is 4.76. The minimum Gasteiger partial charge on any atom is -0.371 e. The molecule has 2 fully saturated rings. The Labute approximate surface area is 222 Å². The standard InChI is InChI=1S/C30H31ClN4O2/c31-26-5-2-1-4-24(26)28(36)33-27-9-8-21-6-7-22(18-25(21)27)29(37)35-17-13-30(20-35)12-3-16-34(19-30)23-10-14-32-15-11-23/h1-2,4-7,10-11,14-15,18,27H,3,8-9,12-13,16-17,19-20H2,(H,33,36)/t27-,30?/m1/s1. The van der Waals surface area contributed by atoms with Gasteiger partial charge in [0.1, 0.15) is 0 Å². The number of likely N-dealkylation sites (tertiary alicyclic amines) is 1. The Morgan fingerprint density at radius 1 is 1.00 bits per heavy atom. The highest BCUT2D eigenvalue weighted by Gasteiger charge is 2.43. The van der Waals surface area contributed by atoms with Gasteiger partial charge >= 0.3 is 0 Å². The quantitative estimate of drug-likeness (QED) is 0.514. The zero-order valence-corrected chi connectivity index (χ0v) is 21.6. The fourth-order valence-corrected chi connectivity index (χ4v) is 6.60. The Morgan fingerprint density at radius 3 is 2.68 bits per heavy atom. The molecule has 6 rings (SSSR count). The van der Waals surface area contributed by atoms with E-state index in [1.54, 1.807) is 12.1 Å². The first-order valence-corrected chi connectivity index (χ1v) is 13.5. The lowest BCUT2D eigenvalue weighted by atomic mass is 9.79. The van der Waals surface area contributed by atoms with E-state index >= 15 is 0 Å². The average molecular weight is 515 g/mol. The molecule has 3 aliphatic rings. The molecule has 7 heteroatoms. The number of hydrogen-bond donors (Lipinski definition) is 1. The van der Waals surface area contributed by atoms with E-state index in [1.807, 2.05) is 41.6 Å². The molecule has 2 atom stereocenters. The Bertz CT molecular complexity index is 1330. The van der Waals surface area contributed by atoms with E-state index in [4.69, 9.17) is 11.6 Å². The molecule has 1 N–H and O–H groups in total. The van der Waals surface area contributed by atoms with Crippen molar-refractivity contribution in [1.29, 1.82) is 0 Å². The monoisotopic (exact) mass is 514 g/mol. The molecule has 0 saturated carbocycles. The van der Waals surface area contributed by atoms with Crippen molar-refractivity contribution in [3.05, 3.63) is 94.3 Å². The highest BCUT2D eigenvalue weighted by molar-refractivity contribution is 6.33. The van der Waals surface area contributed by atoms with Crippen LogP contribution < -0.4 is 10.2 Å². The maximum Gasteiger partial charge on any atom is 0.253 e. The van der Waals surface area contributed by atoms with Gasteiger partial charge in [-0.1, -0.05) is 29.8 Å². The average Bonchev–Trinajstić information content (AvgIpc) is 3.52. The molecule has 2 aliphatic heterocycles. The molecule has 1 aromatic heterocycles. The molecule has 2 amide bonds. The Hall–Kier alpha value is -3.38. The molecule has 1 spiro atoms. The van der Waals surface area contributed by atoms with Gasteiger partial charge in [0.2, 0.25) is 0 Å². The molecular weight excluding hydrogens is 484 g/mol. The molecular formula is C30H31ClN4O2. The largest absolute Gasteiger partial charge is 0.371 e. The second-order valence-electron chi connectivity index (χ2n) is 10.7. The third-order valence-corrected chi connectivity index (χ3v) is 8.64. The first-order valence-electron chi connectivity index (χ1n) is 13.1. The van der Waals surface area contributed by atoms with Crippen molar-refractivity contribution in [3.63, 3.8) is 0 Å². The molecule has 3 heterocycles. The third kappa shape index (κ3) is 4.71. The van der Waals surface area contributed by atoms with Crippen LogP contribution in [0.5, 0.6) is 0 Å². The number of anilines is 1. The summed E-state index contributed by atoms with van der Waals surface area (Å²) < 4.78 is 0. The van der Waals surface area contributed by atoms with Gasteiger partial charge in [-0.25, -0.2) is 0 Å². The van der Waals surface area contributed by atoms with Crippen LogP contribution in [0, 0.1) is 5.41 Å². The SMILES string of the molecule is O=C(N[C@@H]1CCc2ccc(C(=O)N3CCC4(CCCN(c5ccncc5)C4)C3)cc21)c1ccccc1Cl. The number of aromatic nitrogens is 1. The number of rotatable bonds is 4. The number of aryl methyl sites for hydroxylation is 1. The predicted octanol–water partition coefficient (Wildman–Crippen LogP) is 5.29. The van der Waals surface area contributed by atoms with Gasteiger partial charge in [-0.2, -0.15) is 0 Å². The van der Waals surface area contributed by atoms with Gasteiger partial charge in [0.05, 0.1) is 16.6 Å². The van der Waals surface area contributed by atoms with Crippen molar-refractivity contribution in [3.8, 4) is 0 Å². The highest BCUT2D eigenvalue weighted by atomic mass is 35.5. The summed E-state index contributed by atoms with van der Waals surface area (Å²) >= 11 is 6.23. The van der Waals surface area contributed by atoms with Crippen molar-refractivity contribution in [2.75, 3.05) is 31.1 Å². The number of nitrogens with one attached hydrogen (secondary N) is 1. The van der Waals surface area contributed by atoms with E-state index in [0.717, 1.165) is 63.8 Å². The number of amides is 2. The van der Waals surface area contributed by atoms with Crippen LogP contribution in [-0.2, 0) is 6.42 Å². The van der Waals surface area contributed by atoms with E-state index in [1.165, 1.54) is 11.3 Å². The second-order valence-corrected chi connectivity index (χ2v) is 11.1. The first-order chi connectivity index (χ1) is 18.0. The predicted molar refractivity (Wildman–Crippen MR) is 145 cm³/mol. The fraction of sp³-hybridized carbons (Fsp3) is 0.367. The number of nitrogens with zero attached hydrogens (tertiary/aromatic N) is 3. The van der Waals surface area contributed by atoms with Gasteiger partial charge in [0, 0.05) is 55.2 Å². The van der Waals surface area contributed by atoms with Crippen molar-refractivity contribution >= 4 is 29.1 Å². The Balaban J connectivity index is 1.15. The van der Waals surface area contributed by atoms with Gasteiger partial charge in [0.25, 0.3) is 11.8 Å². The number of benzene rings is 2. The van der Waals surface area contributed by atoms with Crippen LogP contribution >= 0.6 is 11.6 Å². The lowest BCUT2D eigenvalue weighted by Crippen LogP contribution is -2.45. The van der Waals surface area contributed by atoms with Crippen LogP contribution in [0.25, 0.3) is 0 Å². The molecule has 37 heavy (non-hydrogen) atoms. The third-order valence-electron chi connectivity index (χ3n) is 8.31. The van der Waals surface area contributed by atoms with Crippen molar-refractivity contribution in [2.24, 2.45) is 5.41 Å². The van der Waals surface area contributed by atoms with Gasteiger partial charge < -0.3 is 15.1 Å². The number of carbonyl (C=O) groups excluding carboxylic acids is 2. The summed E-state index contributed by atoms with van der Waals surface area (Å²) in [6, 6.07) is 17.1. The summed E-state index contributed by atoms with van der Waals surface area (Å²) in [7, 11) is 0. The molecule has 6 nitrogen and oxygen atoms in total. The number of hydrogen-bond acceptors (Lipinski definition) is 4. The first kappa shape index (κ1) is 24.0. The number of fused-ring (bicyclic) bond motifs is 1. The smallest absolute Gasteiger partial charge is 0.253 e. The van der Waals surface area contributed by atoms with E-state index in [-0.39, 0.29) is 23.3 Å². The Kier molecular flexibility index (Phi) is 6.37. The molecule has 3 aromatic rings. The maximum atomic E-state index is 13.6. The zero-order chi connectivity index (χ0) is 25.4. The molecule has 2 saturated heterocycles. The lowest BCUT2D eigenvalue weighted by molar-refractivity contribution is 0.0767. The van der Waals surface area contributed by atoms with Gasteiger partial charge in [-0.05, 0) is 79.6 Å². The number of pyridine rings is 1. The lowest BCUT2D eigenvalue weighted by Gasteiger charge is -2.41. The molecule has 0 radical (unpaired) electrons. The fourth-order valence-electron chi connectivity index (χ4n) is 6.37. The zero-order valence-electron chi connectivity index (χ0n) is 20.8. The van der Waals surface area contributed by atoms with Gasteiger partial charge in [-0.15, -0.1) is 0 Å². The molecule has 2 aromatic carbocycles. The topological polar surface area (TPSA) is 65.5 Å². The minimum absolute atomic E-state index is 0.0868. The summed E-state index contributed by atoms with van der Waals surface area (Å²) in [5.74, 6) is -0.0958. The van der Waals surface area contributed by atoms with Crippen LogP contribution in [0.2, 0.25) is 5.02 Å². The maximum absolute atomic E-state index is 13.6. The van der Waals surface area contributed by atoms with Gasteiger partial charge in [0.15, 0.2) is 0 Å². The number of piperidine rings is 1. The summed E-state index contributed by atoms with van der Waals surface area (Å²) in [6.45, 7) is 3.59. The number of carbonyl (C=O) groups is 2. The summed E-state index contributed by atoms with van der Waals surface area (Å²) in [5, 5.41) is 3.58. The van der Waals surface area contributed by atoms with Crippen molar-refractivity contribution < 1.29 is 9.59 Å². The second kappa shape index (κ2) is 9.82. The molecule has 0 bridgehead atoms. The molecule has 1 aliphatic carbocycles. The van der Waals surface area contributed by atoms with Crippen LogP contribution in [0.15, 0.2) is 67.0 Å². The van der Waals surface area contributed by atoms with Gasteiger partial charge in [-0.3, -0.25) is 14.6 Å². The van der Waals surface area contributed by atoms with Crippen LogP contribution in [-0.4, -0.2) is 47.9 Å². The molecule has 1 unspecified atom stereocenters. The summed E-state index contributed by atoms with van der Waals surface area (Å²) in [4.78, 5) is 35.1. The van der Waals surface area contributed by atoms with Crippen LogP contribution in [0.3, 0.4) is 0 Å². The highest BCUT2D eigenvalue weighted by Crippen LogP contribution is 2.41. The van der Waals surface area contributed by atoms with E-state index < -0.39 is 0 Å². The molecule has 190 valence electrons. The minimum atomic E-state index is -0.183. The van der Waals surface area contributed by atoms with Crippen molar-refractivity contribution in [2.45, 2.75) is 38.1 Å².